The van der Waals surface area contributed by atoms with Crippen molar-refractivity contribution in [2.24, 2.45) is 4.99 Å². The molecule has 1 aromatic heterocycles. The molecule has 0 saturated heterocycles. The zero-order valence-corrected chi connectivity index (χ0v) is 29.1. The van der Waals surface area contributed by atoms with Crippen LogP contribution >= 0.6 is 49.9 Å². The first-order valence-electron chi connectivity index (χ1n) is 13.9. The van der Waals surface area contributed by atoms with Crippen molar-refractivity contribution in [1.82, 2.24) is 4.57 Å². The maximum absolute atomic E-state index is 14.0. The lowest BCUT2D eigenvalue weighted by atomic mass is 9.97. The van der Waals surface area contributed by atoms with Crippen LogP contribution in [-0.4, -0.2) is 30.9 Å². The van der Waals surface area contributed by atoms with Gasteiger partial charge in [0.05, 0.1) is 56.1 Å². The fraction of sp³-hybridized carbons (Fsp3) is 0.212. The van der Waals surface area contributed by atoms with Crippen molar-refractivity contribution >= 4 is 61.9 Å². The van der Waals surface area contributed by atoms with Gasteiger partial charge in [-0.05, 0) is 112 Å². The average Bonchev–Trinajstić information content (AvgIpc) is 3.35. The predicted molar refractivity (Wildman–Crippen MR) is 182 cm³/mol. The molecule has 1 atom stereocenters. The Balaban J connectivity index is 1.52. The summed E-state index contributed by atoms with van der Waals surface area (Å²) in [4.78, 5) is 31.7. The Hall–Kier alpha value is -3.93. The molecular weight excluding hydrogens is 773 g/mol. The lowest BCUT2D eigenvalue weighted by molar-refractivity contribution is -0.136. The van der Waals surface area contributed by atoms with Crippen LogP contribution in [0.1, 0.15) is 42.1 Å². The second kappa shape index (κ2) is 14.4. The number of nitriles is 1. The molecule has 0 aliphatic carbocycles. The lowest BCUT2D eigenvalue weighted by Gasteiger charge is -2.23. The van der Waals surface area contributed by atoms with Gasteiger partial charge in [-0.25, -0.2) is 9.79 Å². The van der Waals surface area contributed by atoms with Crippen LogP contribution in [0.25, 0.3) is 6.08 Å². The fourth-order valence-electron chi connectivity index (χ4n) is 4.77. The molecule has 1 aliphatic rings. The number of hydrogen-bond acceptors (Lipinski definition) is 9. The fourth-order valence-corrected chi connectivity index (χ4v) is 7.51. The summed E-state index contributed by atoms with van der Waals surface area (Å²) in [5.74, 6) is 1.17. The third kappa shape index (κ3) is 7.00. The summed E-state index contributed by atoms with van der Waals surface area (Å²) in [7, 11) is 1.30. The summed E-state index contributed by atoms with van der Waals surface area (Å²) in [5.41, 5.74) is 2.89. The van der Waals surface area contributed by atoms with Gasteiger partial charge in [0, 0.05) is 6.20 Å². The Labute approximate surface area is 285 Å². The number of methoxy groups -OCH3 is 1. The molecule has 0 radical (unpaired) electrons. The molecule has 0 saturated carbocycles. The number of aromatic nitrogens is 1. The Morgan fingerprint density at radius 1 is 1.09 bits per heavy atom. The standard InChI is InChI=1S/C33H27BrIN3O6S/c1-4-42-26-11-10-22(15-27(26)43-5-2)29-23(32(40)41-3)17-37-33-38(29)31(39)28(45-33)14-21-12-24(34)30(25(35)13-21)44-18-20-8-6-19(16-36)7-9-20/h6-15,17,29H,4-5,18H2,1-3H3/b28-14+/t29-/m0/s1. The second-order valence-corrected chi connectivity index (χ2v) is 12.7. The zero-order chi connectivity index (χ0) is 32.1. The summed E-state index contributed by atoms with van der Waals surface area (Å²) >= 11 is 7.05. The highest BCUT2D eigenvalue weighted by atomic mass is 127. The monoisotopic (exact) mass is 799 g/mol. The summed E-state index contributed by atoms with van der Waals surface area (Å²) in [5, 5.41) is 9.02. The smallest absolute Gasteiger partial charge is 0.337 e. The summed E-state index contributed by atoms with van der Waals surface area (Å²) in [6.45, 7) is 4.97. The molecular formula is C33H27BrIN3O6S. The van der Waals surface area contributed by atoms with E-state index >= 15 is 0 Å². The van der Waals surface area contributed by atoms with E-state index < -0.39 is 12.0 Å². The number of fused-ring (bicyclic) bond motifs is 1. The Morgan fingerprint density at radius 3 is 2.49 bits per heavy atom. The molecule has 0 amide bonds. The molecule has 0 unspecified atom stereocenters. The van der Waals surface area contributed by atoms with Crippen molar-refractivity contribution in [1.29, 1.82) is 5.26 Å². The normalized spacial score (nSPS) is 14.1. The number of hydrogen-bond donors (Lipinski definition) is 0. The molecule has 2 heterocycles. The molecule has 1 aliphatic heterocycles. The van der Waals surface area contributed by atoms with E-state index in [9.17, 15) is 9.59 Å². The van der Waals surface area contributed by atoms with Crippen LogP contribution in [0.3, 0.4) is 0 Å². The molecule has 0 bridgehead atoms. The second-order valence-electron chi connectivity index (χ2n) is 9.66. The molecule has 9 nitrogen and oxygen atoms in total. The number of esters is 1. The van der Waals surface area contributed by atoms with Gasteiger partial charge in [-0.15, -0.1) is 0 Å². The van der Waals surface area contributed by atoms with Crippen molar-refractivity contribution in [3.63, 3.8) is 0 Å². The van der Waals surface area contributed by atoms with E-state index in [-0.39, 0.29) is 11.1 Å². The highest BCUT2D eigenvalue weighted by Gasteiger charge is 2.31. The number of rotatable bonds is 10. The number of benzene rings is 3. The largest absolute Gasteiger partial charge is 0.490 e. The Bertz CT molecular complexity index is 1990. The number of carbonyl (C=O) groups excluding carboxylic acids is 1. The van der Waals surface area contributed by atoms with E-state index in [1.807, 2.05) is 44.2 Å². The molecule has 0 spiro atoms. The van der Waals surface area contributed by atoms with Crippen LogP contribution in [-0.2, 0) is 16.1 Å². The maximum atomic E-state index is 14.0. The van der Waals surface area contributed by atoms with E-state index in [0.29, 0.717) is 57.5 Å². The molecule has 0 N–H and O–H groups in total. The van der Waals surface area contributed by atoms with E-state index in [0.717, 1.165) is 19.2 Å². The minimum absolute atomic E-state index is 0.226. The molecule has 45 heavy (non-hydrogen) atoms. The van der Waals surface area contributed by atoms with Gasteiger partial charge in [0.15, 0.2) is 16.3 Å². The number of thiazole rings is 1. The lowest BCUT2D eigenvalue weighted by Crippen LogP contribution is -2.39. The SMILES string of the molecule is CCOc1ccc([C@H]2C(C(=O)OC)=CN=c3s/c(=C/c4cc(Br)c(OCc5ccc(C#N)cc5)c(I)c4)c(=O)n32)cc1OCC. The Morgan fingerprint density at radius 2 is 1.82 bits per heavy atom. The quantitative estimate of drug-likeness (QED) is 0.151. The predicted octanol–water partition coefficient (Wildman–Crippen LogP) is 5.63. The highest BCUT2D eigenvalue weighted by molar-refractivity contribution is 14.1. The van der Waals surface area contributed by atoms with Crippen LogP contribution in [0.5, 0.6) is 17.2 Å². The number of nitrogens with zero attached hydrogens (tertiary/aromatic N) is 3. The minimum atomic E-state index is -0.782. The van der Waals surface area contributed by atoms with Gasteiger partial charge < -0.3 is 18.9 Å². The number of carbonyl (C=O) groups is 1. The van der Waals surface area contributed by atoms with E-state index in [1.165, 1.54) is 29.2 Å². The van der Waals surface area contributed by atoms with Gasteiger partial charge in [-0.3, -0.25) is 9.36 Å². The third-order valence-electron chi connectivity index (χ3n) is 6.79. The van der Waals surface area contributed by atoms with Crippen molar-refractivity contribution in [2.45, 2.75) is 26.5 Å². The van der Waals surface area contributed by atoms with Crippen LogP contribution in [0, 0.1) is 14.9 Å². The van der Waals surface area contributed by atoms with Crippen molar-refractivity contribution < 1.29 is 23.7 Å². The molecule has 5 rings (SSSR count). The van der Waals surface area contributed by atoms with Crippen molar-refractivity contribution in [2.75, 3.05) is 20.3 Å². The molecule has 0 fully saturated rings. The van der Waals surface area contributed by atoms with Gasteiger partial charge in [0.25, 0.3) is 5.56 Å². The molecule has 230 valence electrons. The highest BCUT2D eigenvalue weighted by Crippen LogP contribution is 2.35. The first-order chi connectivity index (χ1) is 21.8. The molecule has 12 heteroatoms. The summed E-state index contributed by atoms with van der Waals surface area (Å²) in [6.07, 6.45) is 3.26. The van der Waals surface area contributed by atoms with Crippen LogP contribution in [0.4, 0.5) is 0 Å². The van der Waals surface area contributed by atoms with Gasteiger partial charge >= 0.3 is 5.97 Å². The summed E-state index contributed by atoms with van der Waals surface area (Å²) in [6, 6.07) is 17.7. The van der Waals surface area contributed by atoms with Crippen LogP contribution < -0.4 is 29.1 Å². The van der Waals surface area contributed by atoms with Crippen molar-refractivity contribution in [3.05, 3.63) is 116 Å². The topological polar surface area (TPSA) is 112 Å². The third-order valence-corrected chi connectivity index (χ3v) is 9.18. The zero-order valence-electron chi connectivity index (χ0n) is 24.5. The van der Waals surface area contributed by atoms with E-state index in [4.69, 9.17) is 24.2 Å². The Kier molecular flexibility index (Phi) is 10.4. The van der Waals surface area contributed by atoms with Gasteiger partial charge in [0.1, 0.15) is 12.4 Å². The molecule has 3 aromatic carbocycles. The van der Waals surface area contributed by atoms with Crippen molar-refractivity contribution in [3.8, 4) is 23.3 Å². The molecule has 4 aromatic rings. The van der Waals surface area contributed by atoms with Crippen LogP contribution in [0.2, 0.25) is 0 Å². The average molecular weight is 800 g/mol. The minimum Gasteiger partial charge on any atom is -0.490 e. The first kappa shape index (κ1) is 32.5. The van der Waals surface area contributed by atoms with Gasteiger partial charge in [-0.1, -0.05) is 29.5 Å². The van der Waals surface area contributed by atoms with E-state index in [1.54, 1.807) is 30.3 Å². The first-order valence-corrected chi connectivity index (χ1v) is 16.6. The van der Waals surface area contributed by atoms with E-state index in [2.05, 4.69) is 49.6 Å². The van der Waals surface area contributed by atoms with Gasteiger partial charge in [-0.2, -0.15) is 5.26 Å². The van der Waals surface area contributed by atoms with Crippen LogP contribution in [0.15, 0.2) is 80.6 Å². The maximum Gasteiger partial charge on any atom is 0.337 e. The number of ether oxygens (including phenoxy) is 4. The van der Waals surface area contributed by atoms with Gasteiger partial charge in [0.2, 0.25) is 0 Å². The number of halogens is 2. The summed E-state index contributed by atoms with van der Waals surface area (Å²) < 4.78 is 26.2.